The van der Waals surface area contributed by atoms with Gasteiger partial charge in [-0.3, -0.25) is 14.6 Å². The van der Waals surface area contributed by atoms with Gasteiger partial charge in [0.25, 0.3) is 10.0 Å². The molecular weight excluding hydrogens is 538 g/mol. The highest BCUT2D eigenvalue weighted by atomic mass is 35.5. The summed E-state index contributed by atoms with van der Waals surface area (Å²) in [7, 11) is -3.52. The highest BCUT2D eigenvalue weighted by Gasteiger charge is 2.54. The highest BCUT2D eigenvalue weighted by Crippen LogP contribution is 2.55. The number of carbonyl (C=O) groups excluding carboxylic acids is 1. The third kappa shape index (κ3) is 3.62. The van der Waals surface area contributed by atoms with E-state index in [1.54, 1.807) is 18.6 Å². The van der Waals surface area contributed by atoms with Gasteiger partial charge in [-0.15, -0.1) is 0 Å². The monoisotopic (exact) mass is 565 g/mol. The molecule has 2 aliphatic carbocycles. The molecule has 39 heavy (non-hydrogen) atoms. The number of amides is 1. The Bertz CT molecular complexity index is 1780. The van der Waals surface area contributed by atoms with Crippen LogP contribution in [0.4, 0.5) is 0 Å². The molecule has 1 aromatic carbocycles. The zero-order valence-corrected chi connectivity index (χ0v) is 23.3. The predicted molar refractivity (Wildman–Crippen MR) is 148 cm³/mol. The minimum atomic E-state index is -3.52. The molecule has 1 amide bonds. The van der Waals surface area contributed by atoms with Crippen LogP contribution in [0.5, 0.6) is 0 Å². The number of rotatable bonds is 6. The normalized spacial score (nSPS) is 18.9. The summed E-state index contributed by atoms with van der Waals surface area (Å²) in [6.45, 7) is 9.05. The molecule has 202 valence electrons. The molecule has 1 spiro atoms. The van der Waals surface area contributed by atoms with Gasteiger partial charge in [0.2, 0.25) is 5.91 Å². The fourth-order valence-electron chi connectivity index (χ4n) is 6.32. The number of aromatic nitrogens is 6. The van der Waals surface area contributed by atoms with E-state index in [1.807, 2.05) is 29.5 Å². The van der Waals surface area contributed by atoms with Crippen molar-refractivity contribution in [1.29, 1.82) is 0 Å². The van der Waals surface area contributed by atoms with Crippen LogP contribution >= 0.6 is 11.6 Å². The standard InChI is InChI=1S/C27H28ClN7O3S/c1-4-22(36)33-13-27(14-33)8-18(9-27)35-16(3)23(24-20-11-29-31-21(20)7-15(2)25(24)28)26(32-35)17-10-30-34(12-17)39(37,38)19-5-6-19/h4,7,10-12,18-19H,1,5-6,8-9,13-14H2,2-3H3,(H,29,31). The second-order valence-corrected chi connectivity index (χ2v) is 13.7. The molecule has 4 aromatic rings. The summed E-state index contributed by atoms with van der Waals surface area (Å²) in [5.74, 6) is -0.0275. The molecule has 1 N–H and O–H groups in total. The fourth-order valence-corrected chi connectivity index (χ4v) is 8.05. The second-order valence-electron chi connectivity index (χ2n) is 11.3. The van der Waals surface area contributed by atoms with E-state index in [0.717, 1.165) is 63.3 Å². The topological polar surface area (TPSA) is 119 Å². The average Bonchev–Trinajstić information content (AvgIpc) is 3.28. The van der Waals surface area contributed by atoms with Crippen molar-refractivity contribution in [3.8, 4) is 22.4 Å². The van der Waals surface area contributed by atoms with E-state index in [1.165, 1.54) is 6.08 Å². The van der Waals surface area contributed by atoms with Gasteiger partial charge in [-0.05, 0) is 57.2 Å². The molecule has 3 aromatic heterocycles. The van der Waals surface area contributed by atoms with E-state index in [0.29, 0.717) is 29.1 Å². The van der Waals surface area contributed by atoms with Crippen molar-refractivity contribution in [3.05, 3.63) is 53.6 Å². The van der Waals surface area contributed by atoms with Gasteiger partial charge in [0.15, 0.2) is 0 Å². The van der Waals surface area contributed by atoms with Crippen molar-refractivity contribution in [2.75, 3.05) is 13.1 Å². The van der Waals surface area contributed by atoms with E-state index < -0.39 is 10.0 Å². The third-order valence-corrected chi connectivity index (χ3v) is 11.0. The molecule has 12 heteroatoms. The van der Waals surface area contributed by atoms with E-state index >= 15 is 0 Å². The summed E-state index contributed by atoms with van der Waals surface area (Å²) in [5, 5.41) is 17.7. The predicted octanol–water partition coefficient (Wildman–Crippen LogP) is 4.25. The zero-order chi connectivity index (χ0) is 27.3. The number of H-pyrrole nitrogens is 1. The summed E-state index contributed by atoms with van der Waals surface area (Å²) in [4.78, 5) is 13.8. The van der Waals surface area contributed by atoms with Gasteiger partial charge < -0.3 is 4.90 Å². The van der Waals surface area contributed by atoms with Crippen LogP contribution in [0.3, 0.4) is 0 Å². The summed E-state index contributed by atoms with van der Waals surface area (Å²) in [6.07, 6.45) is 9.40. The van der Waals surface area contributed by atoms with Crippen molar-refractivity contribution < 1.29 is 13.2 Å². The Morgan fingerprint density at radius 1 is 1.21 bits per heavy atom. The number of likely N-dealkylation sites (tertiary alicyclic amines) is 1. The SMILES string of the molecule is C=CC(=O)N1CC2(CC(n3nc(-c4cnn(S(=O)(=O)C5CC5)c4)c(-c4c(Cl)c(C)cc5[nH]ncc45)c3C)C2)C1. The molecule has 3 fully saturated rings. The summed E-state index contributed by atoms with van der Waals surface area (Å²) < 4.78 is 28.9. The Morgan fingerprint density at radius 2 is 1.95 bits per heavy atom. The first-order valence-electron chi connectivity index (χ1n) is 13.0. The fraction of sp³-hybridized carbons (Fsp3) is 0.407. The first-order chi connectivity index (χ1) is 18.6. The molecule has 1 saturated heterocycles. The summed E-state index contributed by atoms with van der Waals surface area (Å²) in [5.41, 5.74) is 5.73. The third-order valence-electron chi connectivity index (χ3n) is 8.53. The maximum absolute atomic E-state index is 12.9. The molecular formula is C27H28ClN7O3S. The number of benzene rings is 1. The van der Waals surface area contributed by atoms with Gasteiger partial charge >= 0.3 is 0 Å². The number of carbonyl (C=O) groups is 1. The Hall–Kier alpha value is -3.44. The van der Waals surface area contributed by atoms with Crippen molar-refractivity contribution in [1.82, 2.24) is 34.1 Å². The number of aromatic amines is 1. The van der Waals surface area contributed by atoms with E-state index in [-0.39, 0.29) is 22.6 Å². The number of nitrogens with one attached hydrogen (secondary N) is 1. The molecule has 1 aliphatic heterocycles. The Labute approximate surface area is 230 Å². The molecule has 0 bridgehead atoms. The van der Waals surface area contributed by atoms with Gasteiger partial charge in [0.05, 0.1) is 40.4 Å². The van der Waals surface area contributed by atoms with Crippen molar-refractivity contribution in [3.63, 3.8) is 0 Å². The van der Waals surface area contributed by atoms with Crippen LogP contribution in [0.25, 0.3) is 33.3 Å². The highest BCUT2D eigenvalue weighted by molar-refractivity contribution is 7.90. The molecule has 4 heterocycles. The molecule has 3 aliphatic rings. The van der Waals surface area contributed by atoms with Crippen LogP contribution in [0.2, 0.25) is 5.02 Å². The van der Waals surface area contributed by atoms with Crippen LogP contribution in [0.1, 0.15) is 43.0 Å². The number of aryl methyl sites for hydroxylation is 1. The number of hydrogen-bond donors (Lipinski definition) is 1. The summed E-state index contributed by atoms with van der Waals surface area (Å²) >= 11 is 6.95. The van der Waals surface area contributed by atoms with Crippen molar-refractivity contribution in [2.24, 2.45) is 5.41 Å². The lowest BCUT2D eigenvalue weighted by Gasteiger charge is -2.58. The number of fused-ring (bicyclic) bond motifs is 1. The smallest absolute Gasteiger partial charge is 0.256 e. The Morgan fingerprint density at radius 3 is 2.64 bits per heavy atom. The lowest BCUT2D eigenvalue weighted by molar-refractivity contribution is -0.149. The number of nitrogens with zero attached hydrogens (tertiary/aromatic N) is 6. The maximum atomic E-state index is 12.9. The van der Waals surface area contributed by atoms with Gasteiger partial charge in [-0.2, -0.15) is 19.4 Å². The Kier molecular flexibility index (Phi) is 5.22. The molecule has 7 rings (SSSR count). The second kappa shape index (κ2) is 8.28. The van der Waals surface area contributed by atoms with E-state index in [9.17, 15) is 13.2 Å². The maximum Gasteiger partial charge on any atom is 0.256 e. The number of hydrogen-bond acceptors (Lipinski definition) is 6. The summed E-state index contributed by atoms with van der Waals surface area (Å²) in [6, 6.07) is 2.13. The average molecular weight is 566 g/mol. The van der Waals surface area contributed by atoms with Crippen LogP contribution in [0.15, 0.2) is 37.3 Å². The minimum absolute atomic E-state index is 0.0275. The molecule has 2 saturated carbocycles. The van der Waals surface area contributed by atoms with Crippen LogP contribution in [0, 0.1) is 19.3 Å². The van der Waals surface area contributed by atoms with Gasteiger partial charge in [0, 0.05) is 46.3 Å². The molecule has 0 atom stereocenters. The first kappa shape index (κ1) is 24.6. The molecule has 0 unspecified atom stereocenters. The number of halogens is 1. The van der Waals surface area contributed by atoms with Gasteiger partial charge in [-0.1, -0.05) is 18.2 Å². The van der Waals surface area contributed by atoms with Crippen LogP contribution in [-0.2, 0) is 14.8 Å². The van der Waals surface area contributed by atoms with Crippen LogP contribution < -0.4 is 0 Å². The first-order valence-corrected chi connectivity index (χ1v) is 14.9. The van der Waals surface area contributed by atoms with Crippen molar-refractivity contribution >= 4 is 38.4 Å². The largest absolute Gasteiger partial charge is 0.338 e. The van der Waals surface area contributed by atoms with Gasteiger partial charge in [-0.25, -0.2) is 8.42 Å². The minimum Gasteiger partial charge on any atom is -0.338 e. The van der Waals surface area contributed by atoms with Gasteiger partial charge in [0.1, 0.15) is 5.69 Å². The molecule has 10 nitrogen and oxygen atoms in total. The lowest BCUT2D eigenvalue weighted by Crippen LogP contribution is -2.63. The van der Waals surface area contributed by atoms with Crippen molar-refractivity contribution in [2.45, 2.75) is 50.8 Å². The van der Waals surface area contributed by atoms with Crippen LogP contribution in [-0.4, -0.2) is 66.7 Å². The Balaban J connectivity index is 1.33. The van der Waals surface area contributed by atoms with E-state index in [2.05, 4.69) is 21.9 Å². The lowest BCUT2D eigenvalue weighted by atomic mass is 9.60. The molecule has 0 radical (unpaired) electrons. The zero-order valence-electron chi connectivity index (χ0n) is 21.7. The van der Waals surface area contributed by atoms with E-state index in [4.69, 9.17) is 16.7 Å². The quantitative estimate of drug-likeness (QED) is 0.349.